The molecule has 0 aliphatic rings. The molecular weight excluding hydrogens is 351 g/mol. The molecule has 0 aliphatic heterocycles. The molecule has 0 atom stereocenters. The zero-order valence-corrected chi connectivity index (χ0v) is 11.8. The topological polar surface area (TPSA) is 15.8 Å². The number of aromatic nitrogens is 1. The van der Waals surface area contributed by atoms with Gasteiger partial charge in [0.1, 0.15) is 0 Å². The fourth-order valence-electron chi connectivity index (χ4n) is 1.47. The average Bonchev–Trinajstić information content (AvgIpc) is 2.59. The van der Waals surface area contributed by atoms with E-state index in [1.807, 2.05) is 0 Å². The van der Waals surface area contributed by atoms with E-state index in [0.29, 0.717) is 20.8 Å². The van der Waals surface area contributed by atoms with E-state index in [1.54, 1.807) is 24.3 Å². The first-order valence-corrected chi connectivity index (χ1v) is 6.74. The van der Waals surface area contributed by atoms with E-state index in [4.69, 9.17) is 11.6 Å². The molecular formula is C11H6BrClF3NS. The van der Waals surface area contributed by atoms with E-state index >= 15 is 0 Å². The number of hydrogen-bond acceptors (Lipinski definition) is 1. The van der Waals surface area contributed by atoms with Crippen molar-refractivity contribution in [2.45, 2.75) is 10.4 Å². The maximum absolute atomic E-state index is 12.4. The van der Waals surface area contributed by atoms with Crippen molar-refractivity contribution >= 4 is 39.3 Å². The molecule has 1 aromatic carbocycles. The van der Waals surface area contributed by atoms with Gasteiger partial charge < -0.3 is 4.98 Å². The summed E-state index contributed by atoms with van der Waals surface area (Å²) >= 11 is 8.82. The van der Waals surface area contributed by atoms with Gasteiger partial charge in [-0.25, -0.2) is 0 Å². The van der Waals surface area contributed by atoms with Crippen LogP contribution in [0.4, 0.5) is 13.2 Å². The van der Waals surface area contributed by atoms with Crippen molar-refractivity contribution in [2.75, 3.05) is 0 Å². The quantitative estimate of drug-likeness (QED) is 0.681. The second-order valence-electron chi connectivity index (χ2n) is 3.40. The number of hydrogen-bond donors (Lipinski definition) is 1. The number of halogens is 5. The van der Waals surface area contributed by atoms with Gasteiger partial charge in [-0.05, 0) is 45.4 Å². The summed E-state index contributed by atoms with van der Waals surface area (Å²) in [5, 5.41) is 0.537. The van der Waals surface area contributed by atoms with Crippen LogP contribution in [0.5, 0.6) is 0 Å². The Balaban J connectivity index is 2.43. The van der Waals surface area contributed by atoms with Gasteiger partial charge >= 0.3 is 5.51 Å². The van der Waals surface area contributed by atoms with E-state index in [-0.39, 0.29) is 16.7 Å². The fourth-order valence-corrected chi connectivity index (χ4v) is 2.98. The van der Waals surface area contributed by atoms with Crippen molar-refractivity contribution in [3.8, 4) is 11.1 Å². The molecule has 0 fully saturated rings. The molecule has 0 radical (unpaired) electrons. The standard InChI is InChI=1S/C11H6BrClF3NS/c12-10-9(6-1-3-7(13)4-2-6)8(5-17-10)18-11(14,15)16/h1-5,17H. The Kier molecular flexibility index (Phi) is 3.99. The van der Waals surface area contributed by atoms with Gasteiger partial charge in [0.05, 0.1) is 4.60 Å². The first-order chi connectivity index (χ1) is 8.37. The molecule has 2 rings (SSSR count). The van der Waals surface area contributed by atoms with Crippen LogP contribution >= 0.6 is 39.3 Å². The number of nitrogens with one attached hydrogen (secondary N) is 1. The van der Waals surface area contributed by atoms with E-state index in [1.165, 1.54) is 6.20 Å². The molecule has 0 amide bonds. The van der Waals surface area contributed by atoms with Crippen molar-refractivity contribution in [1.82, 2.24) is 4.98 Å². The SMILES string of the molecule is FC(F)(F)Sc1c[nH]c(Br)c1-c1ccc(Cl)cc1. The minimum atomic E-state index is -4.32. The van der Waals surface area contributed by atoms with Crippen molar-refractivity contribution in [2.24, 2.45) is 0 Å². The molecule has 2 aromatic rings. The lowest BCUT2D eigenvalue weighted by molar-refractivity contribution is -0.0327. The molecule has 7 heteroatoms. The largest absolute Gasteiger partial charge is 0.446 e. The summed E-state index contributed by atoms with van der Waals surface area (Å²) in [6, 6.07) is 6.63. The van der Waals surface area contributed by atoms with Crippen LogP contribution < -0.4 is 0 Å². The highest BCUT2D eigenvalue weighted by Crippen LogP contribution is 2.44. The van der Waals surface area contributed by atoms with E-state index < -0.39 is 5.51 Å². The zero-order valence-electron chi connectivity index (χ0n) is 8.68. The van der Waals surface area contributed by atoms with Crippen LogP contribution in [0.25, 0.3) is 11.1 Å². The molecule has 1 aromatic heterocycles. The van der Waals surface area contributed by atoms with Crippen LogP contribution in [-0.2, 0) is 0 Å². The second kappa shape index (κ2) is 5.19. The summed E-state index contributed by atoms with van der Waals surface area (Å²) in [6.45, 7) is 0. The molecule has 0 spiro atoms. The molecule has 0 saturated carbocycles. The van der Waals surface area contributed by atoms with Gasteiger partial charge in [-0.3, -0.25) is 0 Å². The highest BCUT2D eigenvalue weighted by molar-refractivity contribution is 9.10. The van der Waals surface area contributed by atoms with Gasteiger partial charge in [-0.15, -0.1) is 0 Å². The number of H-pyrrole nitrogens is 1. The predicted molar refractivity (Wildman–Crippen MR) is 70.9 cm³/mol. The Morgan fingerprint density at radius 1 is 1.17 bits per heavy atom. The Morgan fingerprint density at radius 3 is 2.33 bits per heavy atom. The smallest absolute Gasteiger partial charge is 0.354 e. The van der Waals surface area contributed by atoms with Crippen molar-refractivity contribution < 1.29 is 13.2 Å². The van der Waals surface area contributed by atoms with Crippen molar-refractivity contribution in [3.05, 3.63) is 40.1 Å². The molecule has 0 saturated heterocycles. The predicted octanol–water partition coefficient (Wildman–Crippen LogP) is 5.71. The van der Waals surface area contributed by atoms with Gasteiger partial charge in [-0.1, -0.05) is 23.7 Å². The molecule has 0 unspecified atom stereocenters. The molecule has 18 heavy (non-hydrogen) atoms. The maximum atomic E-state index is 12.4. The van der Waals surface area contributed by atoms with Crippen molar-refractivity contribution in [3.63, 3.8) is 0 Å². The Labute approximate surface area is 119 Å². The lowest BCUT2D eigenvalue weighted by atomic mass is 10.1. The summed E-state index contributed by atoms with van der Waals surface area (Å²) in [7, 11) is 0. The number of thioether (sulfide) groups is 1. The minimum absolute atomic E-state index is 0.122. The highest BCUT2D eigenvalue weighted by atomic mass is 79.9. The summed E-state index contributed by atoms with van der Waals surface area (Å²) in [5.74, 6) is 0. The molecule has 96 valence electrons. The Bertz CT molecular complexity index is 550. The summed E-state index contributed by atoms with van der Waals surface area (Å²) in [4.78, 5) is 2.86. The highest BCUT2D eigenvalue weighted by Gasteiger charge is 2.31. The van der Waals surface area contributed by atoms with Crippen LogP contribution in [0.2, 0.25) is 5.02 Å². The van der Waals surface area contributed by atoms with Crippen LogP contribution in [0, 0.1) is 0 Å². The summed E-state index contributed by atoms with van der Waals surface area (Å²) in [6.07, 6.45) is 1.33. The Morgan fingerprint density at radius 2 is 1.78 bits per heavy atom. The van der Waals surface area contributed by atoms with Gasteiger partial charge in [-0.2, -0.15) is 13.2 Å². The number of benzene rings is 1. The summed E-state index contributed by atoms with van der Waals surface area (Å²) < 4.78 is 37.8. The molecule has 1 heterocycles. The molecule has 0 bridgehead atoms. The average molecular weight is 357 g/mol. The molecule has 1 N–H and O–H groups in total. The number of aromatic amines is 1. The second-order valence-corrected chi connectivity index (χ2v) is 5.73. The normalized spacial score (nSPS) is 11.8. The van der Waals surface area contributed by atoms with Gasteiger partial charge in [0.15, 0.2) is 0 Å². The first-order valence-electron chi connectivity index (χ1n) is 4.75. The van der Waals surface area contributed by atoms with E-state index in [9.17, 15) is 13.2 Å². The third kappa shape index (κ3) is 3.24. The monoisotopic (exact) mass is 355 g/mol. The first kappa shape index (κ1) is 13.8. The number of rotatable bonds is 2. The third-order valence-electron chi connectivity index (χ3n) is 2.15. The van der Waals surface area contributed by atoms with Crippen LogP contribution in [0.15, 0.2) is 40.0 Å². The molecule has 0 aliphatic carbocycles. The van der Waals surface area contributed by atoms with Crippen molar-refractivity contribution in [1.29, 1.82) is 0 Å². The fraction of sp³-hybridized carbons (Fsp3) is 0.0909. The van der Waals surface area contributed by atoms with Gasteiger partial charge in [0.25, 0.3) is 0 Å². The summed E-state index contributed by atoms with van der Waals surface area (Å²) in [5.41, 5.74) is -3.17. The lowest BCUT2D eigenvalue weighted by Gasteiger charge is -2.07. The third-order valence-corrected chi connectivity index (χ3v) is 3.81. The number of alkyl halides is 3. The van der Waals surface area contributed by atoms with E-state index in [0.717, 1.165) is 0 Å². The molecule has 1 nitrogen and oxygen atoms in total. The van der Waals surface area contributed by atoms with Crippen LogP contribution in [-0.4, -0.2) is 10.5 Å². The lowest BCUT2D eigenvalue weighted by Crippen LogP contribution is -1.98. The Hall–Kier alpha value is -0.590. The minimum Gasteiger partial charge on any atom is -0.354 e. The van der Waals surface area contributed by atoms with Gasteiger partial charge in [0, 0.05) is 21.7 Å². The van der Waals surface area contributed by atoms with Crippen LogP contribution in [0.1, 0.15) is 0 Å². The maximum Gasteiger partial charge on any atom is 0.446 e. The zero-order chi connectivity index (χ0) is 13.3. The van der Waals surface area contributed by atoms with E-state index in [2.05, 4.69) is 20.9 Å². The van der Waals surface area contributed by atoms with Gasteiger partial charge in [0.2, 0.25) is 0 Å². The van der Waals surface area contributed by atoms with Crippen LogP contribution in [0.3, 0.4) is 0 Å².